The van der Waals surface area contributed by atoms with Crippen LogP contribution in [-0.4, -0.2) is 68.2 Å². The average Bonchev–Trinajstić information content (AvgIpc) is 3.34. The van der Waals surface area contributed by atoms with Crippen LogP contribution in [0.2, 0.25) is 0 Å². The molecule has 0 unspecified atom stereocenters. The standard InChI is InChI=1S/C21H25N5O4S2/c1-11-9-15(30-24-11)21(29)26-7-5-25(6-8-26)20(28)14(4)31-10-16-22-18(27)17-12(2)13(3)32-19(17)23-16/h9,14H,5-8,10H2,1-4H3,(H,22,23,27)/t14-/m0/s1. The van der Waals surface area contributed by atoms with Gasteiger partial charge in [-0.15, -0.1) is 23.1 Å². The maximum absolute atomic E-state index is 12.9. The smallest absolute Gasteiger partial charge is 0.292 e. The van der Waals surface area contributed by atoms with Gasteiger partial charge in [-0.05, 0) is 33.3 Å². The summed E-state index contributed by atoms with van der Waals surface area (Å²) in [6.07, 6.45) is 0. The van der Waals surface area contributed by atoms with E-state index >= 15 is 0 Å². The zero-order chi connectivity index (χ0) is 23.0. The quantitative estimate of drug-likeness (QED) is 0.603. The Labute approximate surface area is 193 Å². The van der Waals surface area contributed by atoms with Crippen molar-refractivity contribution in [2.45, 2.75) is 38.7 Å². The third kappa shape index (κ3) is 4.44. The van der Waals surface area contributed by atoms with Gasteiger partial charge in [0.1, 0.15) is 10.7 Å². The number of aromatic amines is 1. The number of thioether (sulfide) groups is 1. The Morgan fingerprint density at radius 1 is 1.22 bits per heavy atom. The molecular formula is C21H25N5O4S2. The molecule has 0 aromatic carbocycles. The van der Waals surface area contributed by atoms with Crippen molar-refractivity contribution in [3.05, 3.63) is 44.1 Å². The van der Waals surface area contributed by atoms with Crippen LogP contribution in [0.3, 0.4) is 0 Å². The average molecular weight is 476 g/mol. The van der Waals surface area contributed by atoms with Gasteiger partial charge in [-0.3, -0.25) is 14.4 Å². The third-order valence-electron chi connectivity index (χ3n) is 5.62. The number of amides is 2. The van der Waals surface area contributed by atoms with E-state index in [1.54, 1.807) is 22.8 Å². The number of piperazine rings is 1. The summed E-state index contributed by atoms with van der Waals surface area (Å²) in [5, 5.41) is 4.12. The van der Waals surface area contributed by atoms with Crippen LogP contribution in [0, 0.1) is 20.8 Å². The van der Waals surface area contributed by atoms with Crippen molar-refractivity contribution >= 4 is 45.1 Å². The number of rotatable bonds is 5. The molecule has 1 saturated heterocycles. The molecule has 11 heteroatoms. The molecule has 1 fully saturated rings. The Balaban J connectivity index is 1.32. The third-order valence-corrected chi connectivity index (χ3v) is 7.87. The summed E-state index contributed by atoms with van der Waals surface area (Å²) in [4.78, 5) is 50.5. The van der Waals surface area contributed by atoms with E-state index in [0.717, 1.165) is 15.3 Å². The fourth-order valence-electron chi connectivity index (χ4n) is 3.65. The fraction of sp³-hybridized carbons (Fsp3) is 0.476. The van der Waals surface area contributed by atoms with Crippen LogP contribution >= 0.6 is 23.1 Å². The number of nitrogens with one attached hydrogen (secondary N) is 1. The SMILES string of the molecule is Cc1cc(C(=O)N2CCN(C(=O)[C@H](C)SCc3nc4sc(C)c(C)c4c(=O)[nH]3)CC2)on1. The van der Waals surface area contributed by atoms with Crippen molar-refractivity contribution in [1.29, 1.82) is 0 Å². The van der Waals surface area contributed by atoms with Gasteiger partial charge in [-0.1, -0.05) is 5.16 Å². The molecule has 0 aliphatic carbocycles. The van der Waals surface area contributed by atoms with E-state index in [0.29, 0.717) is 48.8 Å². The van der Waals surface area contributed by atoms with Gasteiger partial charge in [-0.25, -0.2) is 4.98 Å². The molecule has 2 amide bonds. The molecule has 3 aromatic heterocycles. The van der Waals surface area contributed by atoms with Crippen LogP contribution in [0.4, 0.5) is 0 Å². The van der Waals surface area contributed by atoms with Crippen LogP contribution in [-0.2, 0) is 10.5 Å². The number of thiophene rings is 1. The van der Waals surface area contributed by atoms with Crippen molar-refractivity contribution in [2.75, 3.05) is 26.2 Å². The lowest BCUT2D eigenvalue weighted by molar-refractivity contribution is -0.131. The molecule has 0 spiro atoms. The van der Waals surface area contributed by atoms with Crippen LogP contribution in [0.15, 0.2) is 15.4 Å². The van der Waals surface area contributed by atoms with Gasteiger partial charge in [0, 0.05) is 37.1 Å². The van der Waals surface area contributed by atoms with E-state index in [-0.39, 0.29) is 28.4 Å². The predicted octanol–water partition coefficient (Wildman–Crippen LogP) is 2.50. The van der Waals surface area contributed by atoms with Crippen molar-refractivity contribution in [3.8, 4) is 0 Å². The van der Waals surface area contributed by atoms with E-state index in [1.165, 1.54) is 23.1 Å². The minimum absolute atomic E-state index is 0.0175. The van der Waals surface area contributed by atoms with E-state index in [9.17, 15) is 14.4 Å². The minimum atomic E-state index is -0.290. The second kappa shape index (κ2) is 9.07. The number of aryl methyl sites for hydroxylation is 3. The lowest BCUT2D eigenvalue weighted by atomic mass is 10.2. The first-order valence-electron chi connectivity index (χ1n) is 10.4. The molecule has 1 aliphatic rings. The molecule has 1 atom stereocenters. The summed E-state index contributed by atoms with van der Waals surface area (Å²) in [7, 11) is 0. The Kier molecular flexibility index (Phi) is 6.38. The monoisotopic (exact) mass is 475 g/mol. The van der Waals surface area contributed by atoms with Crippen molar-refractivity contribution < 1.29 is 14.1 Å². The lowest BCUT2D eigenvalue weighted by Crippen LogP contribution is -2.52. The van der Waals surface area contributed by atoms with Crippen LogP contribution < -0.4 is 5.56 Å². The Hall–Kier alpha value is -2.66. The highest BCUT2D eigenvalue weighted by molar-refractivity contribution is 7.99. The zero-order valence-electron chi connectivity index (χ0n) is 18.4. The predicted molar refractivity (Wildman–Crippen MR) is 124 cm³/mol. The van der Waals surface area contributed by atoms with Crippen molar-refractivity contribution in [1.82, 2.24) is 24.9 Å². The Morgan fingerprint density at radius 3 is 2.56 bits per heavy atom. The first kappa shape index (κ1) is 22.5. The zero-order valence-corrected chi connectivity index (χ0v) is 20.1. The fourth-order valence-corrected chi connectivity index (χ4v) is 5.54. The molecule has 0 saturated carbocycles. The van der Waals surface area contributed by atoms with E-state index < -0.39 is 0 Å². The lowest BCUT2D eigenvalue weighted by Gasteiger charge is -2.35. The summed E-state index contributed by atoms with van der Waals surface area (Å²) in [6.45, 7) is 9.37. The number of fused-ring (bicyclic) bond motifs is 1. The number of hydrogen-bond donors (Lipinski definition) is 1. The number of carbonyl (C=O) groups is 2. The Bertz CT molecular complexity index is 1220. The number of aromatic nitrogens is 3. The highest BCUT2D eigenvalue weighted by Crippen LogP contribution is 2.27. The normalized spacial score (nSPS) is 15.4. The minimum Gasteiger partial charge on any atom is -0.351 e. The van der Waals surface area contributed by atoms with E-state index in [4.69, 9.17) is 4.52 Å². The number of nitrogens with zero attached hydrogens (tertiary/aromatic N) is 4. The van der Waals surface area contributed by atoms with E-state index in [2.05, 4.69) is 15.1 Å². The summed E-state index contributed by atoms with van der Waals surface area (Å²) in [5.74, 6) is 1.05. The molecule has 4 heterocycles. The number of H-pyrrole nitrogens is 1. The second-order valence-corrected chi connectivity index (χ2v) is 10.4. The van der Waals surface area contributed by atoms with Crippen LogP contribution in [0.5, 0.6) is 0 Å². The van der Waals surface area contributed by atoms with Gasteiger partial charge in [0.15, 0.2) is 0 Å². The van der Waals surface area contributed by atoms with Gasteiger partial charge >= 0.3 is 0 Å². The molecule has 9 nitrogen and oxygen atoms in total. The van der Waals surface area contributed by atoms with Gasteiger partial charge in [0.2, 0.25) is 11.7 Å². The number of carbonyl (C=O) groups excluding carboxylic acids is 2. The maximum Gasteiger partial charge on any atom is 0.292 e. The molecule has 4 rings (SSSR count). The second-order valence-electron chi connectivity index (χ2n) is 7.88. The van der Waals surface area contributed by atoms with E-state index in [1.807, 2.05) is 20.8 Å². The first-order chi connectivity index (χ1) is 15.2. The molecule has 32 heavy (non-hydrogen) atoms. The summed E-state index contributed by atoms with van der Waals surface area (Å²) < 4.78 is 5.05. The molecule has 0 radical (unpaired) electrons. The van der Waals surface area contributed by atoms with Crippen molar-refractivity contribution in [3.63, 3.8) is 0 Å². The van der Waals surface area contributed by atoms with Gasteiger partial charge in [0.25, 0.3) is 11.5 Å². The first-order valence-corrected chi connectivity index (χ1v) is 12.2. The van der Waals surface area contributed by atoms with Gasteiger partial charge in [0.05, 0.1) is 22.1 Å². The van der Waals surface area contributed by atoms with Crippen molar-refractivity contribution in [2.24, 2.45) is 0 Å². The molecule has 170 valence electrons. The summed E-state index contributed by atoms with van der Waals surface area (Å²) in [6, 6.07) is 1.62. The maximum atomic E-state index is 12.9. The van der Waals surface area contributed by atoms with Crippen LogP contribution in [0.1, 0.15) is 39.4 Å². The van der Waals surface area contributed by atoms with Gasteiger partial charge in [-0.2, -0.15) is 0 Å². The topological polar surface area (TPSA) is 112 Å². The molecule has 1 N–H and O–H groups in total. The molecule has 1 aliphatic heterocycles. The molecular weight excluding hydrogens is 450 g/mol. The highest BCUT2D eigenvalue weighted by Gasteiger charge is 2.29. The summed E-state index contributed by atoms with van der Waals surface area (Å²) in [5.41, 5.74) is 1.50. The number of hydrogen-bond acceptors (Lipinski definition) is 8. The largest absolute Gasteiger partial charge is 0.351 e. The summed E-state index contributed by atoms with van der Waals surface area (Å²) >= 11 is 2.96. The Morgan fingerprint density at radius 2 is 1.91 bits per heavy atom. The van der Waals surface area contributed by atoms with Crippen LogP contribution in [0.25, 0.3) is 10.2 Å². The molecule has 3 aromatic rings. The van der Waals surface area contributed by atoms with Gasteiger partial charge < -0.3 is 19.3 Å². The highest BCUT2D eigenvalue weighted by atomic mass is 32.2. The molecule has 0 bridgehead atoms.